The Morgan fingerprint density at radius 3 is 1.42 bits per heavy atom. The predicted octanol–water partition coefficient (Wildman–Crippen LogP) is 13.1. The summed E-state index contributed by atoms with van der Waals surface area (Å²) >= 11 is 0. The minimum Gasteiger partial charge on any atom is -0.309 e. The fourth-order valence-electron chi connectivity index (χ4n) is 8.89. The molecular formula is C53H36N4. The van der Waals surface area contributed by atoms with Crippen LogP contribution in [-0.4, -0.2) is 19.5 Å². The van der Waals surface area contributed by atoms with Gasteiger partial charge in [-0.3, -0.25) is 0 Å². The van der Waals surface area contributed by atoms with Crippen molar-refractivity contribution in [3.63, 3.8) is 0 Å². The molecule has 0 unspecified atom stereocenters. The van der Waals surface area contributed by atoms with Gasteiger partial charge in [0.1, 0.15) is 0 Å². The van der Waals surface area contributed by atoms with Gasteiger partial charge in [0.2, 0.25) is 0 Å². The summed E-state index contributed by atoms with van der Waals surface area (Å²) in [6.07, 6.45) is 0. The third kappa shape index (κ3) is 5.26. The first-order valence-corrected chi connectivity index (χ1v) is 19.5. The monoisotopic (exact) mass is 728 g/mol. The fraction of sp³-hybridized carbons (Fsp3) is 0.0377. The minimum absolute atomic E-state index is 0.657. The average molecular weight is 729 g/mol. The highest BCUT2D eigenvalue weighted by Gasteiger charge is 2.28. The summed E-state index contributed by atoms with van der Waals surface area (Å²) in [6, 6.07) is 64.9. The van der Waals surface area contributed by atoms with E-state index in [4.69, 9.17) is 15.0 Å². The highest BCUT2D eigenvalue weighted by Crippen LogP contribution is 2.50. The topological polar surface area (TPSA) is 43.6 Å². The van der Waals surface area contributed by atoms with Crippen molar-refractivity contribution in [2.24, 2.45) is 0 Å². The molecule has 268 valence electrons. The Morgan fingerprint density at radius 1 is 0.351 bits per heavy atom. The van der Waals surface area contributed by atoms with Crippen LogP contribution in [0.3, 0.4) is 0 Å². The van der Waals surface area contributed by atoms with E-state index in [0.29, 0.717) is 17.5 Å². The van der Waals surface area contributed by atoms with Crippen molar-refractivity contribution in [3.8, 4) is 39.9 Å². The maximum atomic E-state index is 5.09. The van der Waals surface area contributed by atoms with Crippen LogP contribution < -0.4 is 0 Å². The molecule has 0 spiro atoms. The van der Waals surface area contributed by atoms with Crippen molar-refractivity contribution in [2.75, 3.05) is 0 Å². The van der Waals surface area contributed by atoms with Gasteiger partial charge in [-0.25, -0.2) is 15.0 Å². The number of benzene rings is 8. The van der Waals surface area contributed by atoms with Gasteiger partial charge in [0.15, 0.2) is 17.5 Å². The first-order chi connectivity index (χ1) is 28.1. The molecule has 11 rings (SSSR count). The van der Waals surface area contributed by atoms with Crippen LogP contribution >= 0.6 is 0 Å². The molecule has 0 fully saturated rings. The number of hydrogen-bond acceptors (Lipinski definition) is 3. The molecule has 4 heteroatoms. The van der Waals surface area contributed by atoms with Crippen molar-refractivity contribution in [3.05, 3.63) is 215 Å². The number of nitrogens with zero attached hydrogens (tertiary/aromatic N) is 4. The SMILES string of the molecule is Cc1cc(-n2c3cccc4c3c3c5c(cccc5ccc32)C(c2ccccc2)=C4c2ccccc2)c(C)cc1-c1nc(-c2ccccc2)nc(-c2ccccc2)n1. The smallest absolute Gasteiger partial charge is 0.164 e. The normalized spacial score (nSPS) is 12.3. The standard InChI is InChI=1S/C53H36N4/c1-33-32-45(34(2)31-42(33)53-55-51(38-21-11-5-12-22-38)54-52(56-53)39-23-13-6-14-24-39)57-43-28-16-27-41-47(36-19-9-4-10-20-36)46(35-17-7-3-8-18-35)40-26-15-25-37-29-30-44(57)50(48(37)40)49(41)43/h3-32H,1-2H3. The summed E-state index contributed by atoms with van der Waals surface area (Å²) in [7, 11) is 0. The summed E-state index contributed by atoms with van der Waals surface area (Å²) in [5.41, 5.74) is 16.0. The highest BCUT2D eigenvalue weighted by molar-refractivity contribution is 6.31. The van der Waals surface area contributed by atoms with E-state index in [1.807, 2.05) is 36.4 Å². The summed E-state index contributed by atoms with van der Waals surface area (Å²) in [4.78, 5) is 15.1. The predicted molar refractivity (Wildman–Crippen MR) is 235 cm³/mol. The zero-order valence-electron chi connectivity index (χ0n) is 31.6. The van der Waals surface area contributed by atoms with E-state index in [2.05, 4.69) is 164 Å². The van der Waals surface area contributed by atoms with Gasteiger partial charge in [0.05, 0.1) is 11.0 Å². The number of aromatic nitrogens is 4. The van der Waals surface area contributed by atoms with Crippen LogP contribution in [0.25, 0.3) is 83.6 Å². The van der Waals surface area contributed by atoms with E-state index in [0.717, 1.165) is 33.5 Å². The van der Waals surface area contributed by atoms with Crippen LogP contribution in [0.1, 0.15) is 33.4 Å². The summed E-state index contributed by atoms with van der Waals surface area (Å²) in [5, 5.41) is 5.08. The molecule has 10 aromatic rings. The largest absolute Gasteiger partial charge is 0.309 e. The molecule has 57 heavy (non-hydrogen) atoms. The zero-order valence-corrected chi connectivity index (χ0v) is 31.6. The van der Waals surface area contributed by atoms with Gasteiger partial charge in [-0.1, -0.05) is 158 Å². The van der Waals surface area contributed by atoms with Gasteiger partial charge in [0.25, 0.3) is 0 Å². The Kier molecular flexibility index (Phi) is 7.58. The van der Waals surface area contributed by atoms with Crippen LogP contribution in [0, 0.1) is 13.8 Å². The summed E-state index contributed by atoms with van der Waals surface area (Å²) < 4.78 is 2.48. The van der Waals surface area contributed by atoms with E-state index in [-0.39, 0.29) is 0 Å². The first-order valence-electron chi connectivity index (χ1n) is 19.5. The molecule has 2 heterocycles. The second-order valence-electron chi connectivity index (χ2n) is 14.9. The molecule has 1 aliphatic carbocycles. The van der Waals surface area contributed by atoms with Gasteiger partial charge in [0, 0.05) is 33.2 Å². The van der Waals surface area contributed by atoms with Crippen LogP contribution in [0.5, 0.6) is 0 Å². The Morgan fingerprint density at radius 2 is 0.842 bits per heavy atom. The molecule has 0 saturated heterocycles. The second-order valence-corrected chi connectivity index (χ2v) is 14.9. The molecule has 2 aromatic heterocycles. The molecule has 4 nitrogen and oxygen atoms in total. The van der Waals surface area contributed by atoms with Crippen LogP contribution in [-0.2, 0) is 0 Å². The third-order valence-electron chi connectivity index (χ3n) is 11.4. The molecule has 0 aliphatic heterocycles. The lowest BCUT2D eigenvalue weighted by atomic mass is 9.85. The quantitative estimate of drug-likeness (QED) is 0.171. The molecule has 0 amide bonds. The lowest BCUT2D eigenvalue weighted by Crippen LogP contribution is -2.04. The Bertz CT molecular complexity index is 3160. The molecule has 1 aliphatic rings. The van der Waals surface area contributed by atoms with Crippen molar-refractivity contribution in [1.29, 1.82) is 0 Å². The summed E-state index contributed by atoms with van der Waals surface area (Å²) in [6.45, 7) is 4.38. The van der Waals surface area contributed by atoms with Crippen LogP contribution in [0.2, 0.25) is 0 Å². The van der Waals surface area contributed by atoms with Crippen molar-refractivity contribution >= 4 is 43.7 Å². The van der Waals surface area contributed by atoms with Gasteiger partial charge in [-0.15, -0.1) is 0 Å². The third-order valence-corrected chi connectivity index (χ3v) is 11.4. The minimum atomic E-state index is 0.657. The van der Waals surface area contributed by atoms with E-state index < -0.39 is 0 Å². The highest BCUT2D eigenvalue weighted by atomic mass is 15.0. The van der Waals surface area contributed by atoms with Crippen molar-refractivity contribution < 1.29 is 0 Å². The number of hydrogen-bond donors (Lipinski definition) is 0. The molecule has 0 N–H and O–H groups in total. The Balaban J connectivity index is 1.18. The van der Waals surface area contributed by atoms with Crippen molar-refractivity contribution in [2.45, 2.75) is 13.8 Å². The zero-order chi connectivity index (χ0) is 38.0. The molecule has 0 bridgehead atoms. The second kappa shape index (κ2) is 13.1. The van der Waals surface area contributed by atoms with E-state index >= 15 is 0 Å². The molecule has 0 saturated carbocycles. The first kappa shape index (κ1) is 33.0. The van der Waals surface area contributed by atoms with E-state index in [1.165, 1.54) is 66.0 Å². The fourth-order valence-corrected chi connectivity index (χ4v) is 8.89. The number of aryl methyl sites for hydroxylation is 2. The Hall–Kier alpha value is -7.43. The molecule has 0 radical (unpaired) electrons. The van der Waals surface area contributed by atoms with Gasteiger partial charge < -0.3 is 4.57 Å². The lowest BCUT2D eigenvalue weighted by Gasteiger charge is -2.20. The molecule has 0 atom stereocenters. The molecular weight excluding hydrogens is 693 g/mol. The van der Waals surface area contributed by atoms with Crippen LogP contribution in [0.15, 0.2) is 182 Å². The lowest BCUT2D eigenvalue weighted by molar-refractivity contribution is 1.07. The number of rotatable bonds is 6. The van der Waals surface area contributed by atoms with Gasteiger partial charge in [-0.2, -0.15) is 0 Å². The van der Waals surface area contributed by atoms with Gasteiger partial charge in [-0.05, 0) is 93.4 Å². The maximum Gasteiger partial charge on any atom is 0.164 e. The maximum absolute atomic E-state index is 5.09. The molecule has 8 aromatic carbocycles. The van der Waals surface area contributed by atoms with E-state index in [1.54, 1.807) is 0 Å². The summed E-state index contributed by atoms with van der Waals surface area (Å²) in [5.74, 6) is 1.98. The van der Waals surface area contributed by atoms with Crippen molar-refractivity contribution in [1.82, 2.24) is 19.5 Å². The van der Waals surface area contributed by atoms with Gasteiger partial charge >= 0.3 is 0 Å². The Labute approximate surface area is 331 Å². The average Bonchev–Trinajstić information content (AvgIpc) is 3.54. The van der Waals surface area contributed by atoms with E-state index in [9.17, 15) is 0 Å². The van der Waals surface area contributed by atoms with Crippen LogP contribution in [0.4, 0.5) is 0 Å².